The van der Waals surface area contributed by atoms with Crippen LogP contribution < -0.4 is 5.32 Å². The number of alkyl halides is 1. The van der Waals surface area contributed by atoms with Gasteiger partial charge in [-0.2, -0.15) is 0 Å². The Labute approximate surface area is 70.2 Å². The maximum absolute atomic E-state index is 11.7. The highest BCUT2D eigenvalue weighted by atomic mass is 32.1. The quantitative estimate of drug-likeness (QED) is 0.737. The van der Waals surface area contributed by atoms with Crippen LogP contribution >= 0.6 is 11.3 Å². The Balaban J connectivity index is 2.36. The van der Waals surface area contributed by atoms with Crippen LogP contribution in [0.25, 0.3) is 0 Å². The molecule has 0 spiro atoms. The largest absolute Gasteiger partial charge is 0.307 e. The minimum Gasteiger partial charge on any atom is -0.307 e. The lowest BCUT2D eigenvalue weighted by Crippen LogP contribution is -2.19. The van der Waals surface area contributed by atoms with Crippen LogP contribution in [0.2, 0.25) is 0 Å². The van der Waals surface area contributed by atoms with Gasteiger partial charge in [-0.1, -0.05) is 6.07 Å². The molecular weight excluding hydrogens is 161 g/mol. The van der Waals surface area contributed by atoms with E-state index < -0.39 is 0 Å². The van der Waals surface area contributed by atoms with E-state index in [1.807, 2.05) is 18.4 Å². The van der Waals surface area contributed by atoms with Gasteiger partial charge in [-0.3, -0.25) is 0 Å². The van der Waals surface area contributed by atoms with Gasteiger partial charge in [0.15, 0.2) is 0 Å². The van der Waals surface area contributed by atoms with Crippen LogP contribution in [0.1, 0.15) is 17.8 Å². The van der Waals surface area contributed by atoms with E-state index in [9.17, 15) is 4.39 Å². The average Bonchev–Trinajstić information content (AvgIpc) is 2.52. The van der Waals surface area contributed by atoms with Crippen LogP contribution in [-0.2, 0) is 0 Å². The molecule has 1 unspecified atom stereocenters. The number of halogens is 1. The first-order valence-electron chi connectivity index (χ1n) is 3.67. The zero-order chi connectivity index (χ0) is 8.10. The van der Waals surface area contributed by atoms with E-state index >= 15 is 0 Å². The number of rotatable bonds is 4. The Morgan fingerprint density at radius 3 is 3.09 bits per heavy atom. The molecule has 62 valence electrons. The summed E-state index contributed by atoms with van der Waals surface area (Å²) < 4.78 is 11.7. The summed E-state index contributed by atoms with van der Waals surface area (Å²) in [5.41, 5.74) is 0. The van der Waals surface area contributed by atoms with Crippen LogP contribution in [0.4, 0.5) is 4.39 Å². The highest BCUT2D eigenvalue weighted by Crippen LogP contribution is 2.17. The highest BCUT2D eigenvalue weighted by molar-refractivity contribution is 7.10. The fourth-order valence-corrected chi connectivity index (χ4v) is 1.67. The van der Waals surface area contributed by atoms with Gasteiger partial charge in [-0.15, -0.1) is 11.3 Å². The van der Waals surface area contributed by atoms with Gasteiger partial charge in [0.05, 0.1) is 0 Å². The number of hydrogen-bond donors (Lipinski definition) is 1. The van der Waals surface area contributed by atoms with Gasteiger partial charge in [-0.05, 0) is 18.4 Å². The molecule has 0 saturated heterocycles. The van der Waals surface area contributed by atoms with Crippen molar-refractivity contribution >= 4 is 11.3 Å². The third-order valence-corrected chi connectivity index (χ3v) is 2.57. The molecule has 1 aromatic heterocycles. The van der Waals surface area contributed by atoms with Crippen LogP contribution in [0.5, 0.6) is 0 Å². The fraction of sp³-hybridized carbons (Fsp3) is 0.500. The Bertz CT molecular complexity index is 186. The van der Waals surface area contributed by atoms with Crippen LogP contribution in [0.3, 0.4) is 0 Å². The van der Waals surface area contributed by atoms with Crippen molar-refractivity contribution in [3.63, 3.8) is 0 Å². The van der Waals surface area contributed by atoms with Gasteiger partial charge in [0.1, 0.15) is 6.67 Å². The van der Waals surface area contributed by atoms with E-state index in [0.717, 1.165) is 0 Å². The maximum Gasteiger partial charge on any atom is 0.102 e. The number of thiophene rings is 1. The summed E-state index contributed by atoms with van der Waals surface area (Å²) >= 11 is 1.70. The van der Waals surface area contributed by atoms with Gasteiger partial charge in [0.2, 0.25) is 0 Å². The normalized spacial score (nSPS) is 13.3. The molecule has 11 heavy (non-hydrogen) atoms. The molecule has 0 aliphatic rings. The molecule has 3 heteroatoms. The van der Waals surface area contributed by atoms with Gasteiger partial charge in [-0.25, -0.2) is 4.39 Å². The first-order valence-corrected chi connectivity index (χ1v) is 4.55. The molecule has 0 bridgehead atoms. The van der Waals surface area contributed by atoms with Crippen molar-refractivity contribution in [2.45, 2.75) is 13.0 Å². The minimum atomic E-state index is -0.296. The zero-order valence-corrected chi connectivity index (χ0v) is 7.33. The molecule has 0 radical (unpaired) electrons. The second-order valence-corrected chi connectivity index (χ2v) is 3.36. The molecule has 0 aliphatic carbocycles. The first-order chi connectivity index (χ1) is 5.34. The molecular formula is C8H12FNS. The number of hydrogen-bond acceptors (Lipinski definition) is 2. The summed E-state index contributed by atoms with van der Waals surface area (Å²) in [5.74, 6) is 0. The van der Waals surface area contributed by atoms with Crippen molar-refractivity contribution in [2.24, 2.45) is 0 Å². The Kier molecular flexibility index (Phi) is 3.52. The second-order valence-electron chi connectivity index (χ2n) is 2.38. The molecule has 1 N–H and O–H groups in total. The summed E-state index contributed by atoms with van der Waals surface area (Å²) in [4.78, 5) is 1.26. The predicted octanol–water partition coefficient (Wildman–Crippen LogP) is 2.37. The van der Waals surface area contributed by atoms with Crippen molar-refractivity contribution in [1.82, 2.24) is 5.32 Å². The third-order valence-electron chi connectivity index (χ3n) is 1.51. The van der Waals surface area contributed by atoms with E-state index in [1.54, 1.807) is 11.3 Å². The van der Waals surface area contributed by atoms with Gasteiger partial charge in [0, 0.05) is 17.5 Å². The van der Waals surface area contributed by atoms with E-state index in [-0.39, 0.29) is 12.7 Å². The molecule has 0 amide bonds. The van der Waals surface area contributed by atoms with Crippen LogP contribution in [0, 0.1) is 0 Å². The van der Waals surface area contributed by atoms with Crippen molar-refractivity contribution < 1.29 is 4.39 Å². The molecule has 0 fully saturated rings. The van der Waals surface area contributed by atoms with Crippen molar-refractivity contribution in [2.75, 3.05) is 13.2 Å². The lowest BCUT2D eigenvalue weighted by atomic mass is 10.3. The van der Waals surface area contributed by atoms with Gasteiger partial charge in [0.25, 0.3) is 0 Å². The van der Waals surface area contributed by atoms with E-state index in [2.05, 4.69) is 11.4 Å². The van der Waals surface area contributed by atoms with Crippen molar-refractivity contribution in [1.29, 1.82) is 0 Å². The summed E-state index contributed by atoms with van der Waals surface area (Å²) in [6, 6.07) is 4.35. The SMILES string of the molecule is CC(NCCF)c1cccs1. The molecule has 0 aromatic carbocycles. The lowest BCUT2D eigenvalue weighted by Gasteiger charge is -2.09. The monoisotopic (exact) mass is 173 g/mol. The topological polar surface area (TPSA) is 12.0 Å². The summed E-state index contributed by atoms with van der Waals surface area (Å²) in [7, 11) is 0. The second kappa shape index (κ2) is 4.46. The Morgan fingerprint density at radius 2 is 2.55 bits per heavy atom. The average molecular weight is 173 g/mol. The number of nitrogens with one attached hydrogen (secondary N) is 1. The molecule has 1 atom stereocenters. The summed E-state index contributed by atoms with van der Waals surface area (Å²) in [6.45, 7) is 2.19. The minimum absolute atomic E-state index is 0.283. The zero-order valence-electron chi connectivity index (χ0n) is 6.51. The molecule has 1 aromatic rings. The molecule has 0 saturated carbocycles. The smallest absolute Gasteiger partial charge is 0.102 e. The van der Waals surface area contributed by atoms with E-state index in [1.165, 1.54) is 4.88 Å². The lowest BCUT2D eigenvalue weighted by molar-refractivity contribution is 0.446. The van der Waals surface area contributed by atoms with Crippen molar-refractivity contribution in [3.05, 3.63) is 22.4 Å². The summed E-state index contributed by atoms with van der Waals surface area (Å²) in [5, 5.41) is 5.10. The van der Waals surface area contributed by atoms with E-state index in [0.29, 0.717) is 6.54 Å². The highest BCUT2D eigenvalue weighted by Gasteiger charge is 2.03. The molecule has 0 aliphatic heterocycles. The van der Waals surface area contributed by atoms with Gasteiger partial charge >= 0.3 is 0 Å². The third kappa shape index (κ3) is 2.60. The molecule has 1 heterocycles. The standard InChI is InChI=1S/C8H12FNS/c1-7(10-5-4-9)8-3-2-6-11-8/h2-3,6-7,10H,4-5H2,1H3. The molecule has 1 rings (SSSR count). The van der Waals surface area contributed by atoms with Gasteiger partial charge < -0.3 is 5.32 Å². The van der Waals surface area contributed by atoms with E-state index in [4.69, 9.17) is 0 Å². The fourth-order valence-electron chi connectivity index (χ4n) is 0.909. The molecule has 1 nitrogen and oxygen atoms in total. The first kappa shape index (κ1) is 8.68. The Morgan fingerprint density at radius 1 is 1.73 bits per heavy atom. The van der Waals surface area contributed by atoms with Crippen molar-refractivity contribution in [3.8, 4) is 0 Å². The Hall–Kier alpha value is -0.410. The summed E-state index contributed by atoms with van der Waals surface area (Å²) in [6.07, 6.45) is 0. The van der Waals surface area contributed by atoms with Crippen LogP contribution in [0.15, 0.2) is 17.5 Å². The van der Waals surface area contributed by atoms with Crippen LogP contribution in [-0.4, -0.2) is 13.2 Å². The maximum atomic E-state index is 11.7. The predicted molar refractivity (Wildman–Crippen MR) is 46.7 cm³/mol.